The molecule has 18 heteroatoms. The van der Waals surface area contributed by atoms with Gasteiger partial charge in [-0.3, -0.25) is 14.0 Å². The van der Waals surface area contributed by atoms with E-state index in [1.807, 2.05) is 0 Å². The van der Waals surface area contributed by atoms with Crippen LogP contribution in [0.25, 0.3) is 11.0 Å². The number of nitrogens with one attached hydrogen (secondary N) is 1. The number of rotatable bonds is 15. The van der Waals surface area contributed by atoms with E-state index < -0.39 is 52.1 Å². The number of benzene rings is 2. The number of fused-ring (bicyclic) bond motifs is 1. The number of carboxylic acid groups (broad SMARTS) is 1. The van der Waals surface area contributed by atoms with Crippen LogP contribution in [0.1, 0.15) is 49.4 Å². The van der Waals surface area contributed by atoms with Crippen LogP contribution in [0.15, 0.2) is 64.8 Å². The third-order valence-corrected chi connectivity index (χ3v) is 10.1. The molecule has 0 bridgehead atoms. The molecule has 12 nitrogen and oxygen atoms in total. The summed E-state index contributed by atoms with van der Waals surface area (Å²) >= 11 is 0. The van der Waals surface area contributed by atoms with Gasteiger partial charge in [0.25, 0.3) is 15.9 Å². The maximum atomic E-state index is 14.4. The van der Waals surface area contributed by atoms with Gasteiger partial charge in [0.2, 0.25) is 5.16 Å². The molecule has 1 unspecified atom stereocenters. The van der Waals surface area contributed by atoms with Crippen molar-refractivity contribution in [1.82, 2.24) is 19.3 Å². The average molecular weight is 733 g/mol. The van der Waals surface area contributed by atoms with E-state index in [1.54, 1.807) is 32.0 Å². The van der Waals surface area contributed by atoms with Crippen LogP contribution >= 0.6 is 0 Å². The number of carbonyl (C=O) groups excluding carboxylic acids is 2. The molecule has 0 saturated carbocycles. The number of aromatic nitrogens is 3. The van der Waals surface area contributed by atoms with E-state index in [2.05, 4.69) is 15.3 Å². The van der Waals surface area contributed by atoms with Crippen LogP contribution < -0.4 is 49.5 Å². The second-order valence-corrected chi connectivity index (χ2v) is 14.0. The van der Waals surface area contributed by atoms with Crippen molar-refractivity contribution in [3.63, 3.8) is 0 Å². The number of alkyl halides is 3. The number of pyridine rings is 1. The van der Waals surface area contributed by atoms with Crippen LogP contribution in [0.2, 0.25) is 0 Å². The van der Waals surface area contributed by atoms with Crippen molar-refractivity contribution in [1.29, 1.82) is 0 Å². The predicted molar refractivity (Wildman–Crippen MR) is 166 cm³/mol. The van der Waals surface area contributed by atoms with Crippen LogP contribution in [0.5, 0.6) is 11.5 Å². The summed E-state index contributed by atoms with van der Waals surface area (Å²) in [7, 11) is -6.62. The fourth-order valence-corrected chi connectivity index (χ4v) is 8.01. The van der Waals surface area contributed by atoms with Crippen molar-refractivity contribution in [3.8, 4) is 11.5 Å². The van der Waals surface area contributed by atoms with E-state index in [0.29, 0.717) is 5.56 Å². The second kappa shape index (κ2) is 16.9. The number of amides is 1. The quantitative estimate of drug-likeness (QED) is 0.133. The first-order chi connectivity index (χ1) is 22.6. The van der Waals surface area contributed by atoms with E-state index in [1.165, 1.54) is 43.5 Å². The number of halogens is 3. The maximum Gasteiger partial charge on any atom is 1.00 e. The second-order valence-electron chi connectivity index (χ2n) is 10.9. The van der Waals surface area contributed by atoms with Crippen molar-refractivity contribution >= 4 is 43.7 Å². The standard InChI is InChI=1S/C31H33F3N4O8S2.Na/c1-19(2)22-15-21(45-16-28(39)36-13-6-9-29(40)41)10-11-27(22)48(43,44)38-25-8-5-4-7-23(25)37-30(38)47(42)17-24-20(3)26(12-14-35-24)46-18-31(32,33)34;/h4-5,7-8,10-12,14-15,19H,6,9,13,16-18H2,1-3H3,(H,36,39)(H,40,41);/q;+1/p-1. The van der Waals surface area contributed by atoms with Crippen LogP contribution in [0.4, 0.5) is 13.2 Å². The summed E-state index contributed by atoms with van der Waals surface area (Å²) in [4.78, 5) is 31.1. The number of hydrogen-bond donors (Lipinski definition) is 1. The third kappa shape index (κ3) is 10.3. The Labute approximate surface area is 305 Å². The van der Waals surface area contributed by atoms with Crippen molar-refractivity contribution in [2.24, 2.45) is 0 Å². The average Bonchev–Trinajstić information content (AvgIpc) is 3.43. The fourth-order valence-electron chi connectivity index (χ4n) is 4.63. The number of nitrogens with zero attached hydrogens (tertiary/aromatic N) is 3. The molecule has 2 heterocycles. The van der Waals surface area contributed by atoms with Gasteiger partial charge in [-0.1, -0.05) is 26.0 Å². The van der Waals surface area contributed by atoms with Crippen LogP contribution in [0, 0.1) is 6.92 Å². The molecule has 1 N–H and O–H groups in total. The molecule has 258 valence electrons. The number of imidazole rings is 1. The SMILES string of the molecule is Cc1c(OCC(F)(F)F)ccnc1CS(=O)c1nc2ccccc2n1S(=O)(=O)c1ccc(OCC(=O)NCCCC(=O)[O-])cc1C(C)C.[Na+]. The minimum Gasteiger partial charge on any atom is -0.550 e. The zero-order valence-corrected chi connectivity index (χ0v) is 30.7. The zero-order chi connectivity index (χ0) is 35.2. The summed E-state index contributed by atoms with van der Waals surface area (Å²) < 4.78 is 92.2. The molecule has 4 rings (SSSR count). The minimum absolute atomic E-state index is 0. The molecule has 0 aliphatic rings. The maximum absolute atomic E-state index is 14.4. The molecule has 0 saturated heterocycles. The Kier molecular flexibility index (Phi) is 13.8. The first-order valence-electron chi connectivity index (χ1n) is 14.6. The topological polar surface area (TPSA) is 170 Å². The van der Waals surface area contributed by atoms with E-state index in [0.717, 1.165) is 3.97 Å². The summed E-state index contributed by atoms with van der Waals surface area (Å²) in [6.45, 7) is 3.16. The van der Waals surface area contributed by atoms with Gasteiger partial charge < -0.3 is 24.7 Å². The molecule has 1 amide bonds. The van der Waals surface area contributed by atoms with Gasteiger partial charge in [-0.15, -0.1) is 0 Å². The van der Waals surface area contributed by atoms with Gasteiger partial charge in [0, 0.05) is 24.3 Å². The fraction of sp³-hybridized carbons (Fsp3) is 0.355. The molecule has 49 heavy (non-hydrogen) atoms. The van der Waals surface area contributed by atoms with Gasteiger partial charge in [0.1, 0.15) is 11.5 Å². The molecular formula is C31H32F3N4NaO8S2. The van der Waals surface area contributed by atoms with Gasteiger partial charge in [-0.05, 0) is 67.6 Å². The summed E-state index contributed by atoms with van der Waals surface area (Å²) in [5, 5.41) is 12.7. The molecule has 2 aromatic carbocycles. The smallest absolute Gasteiger partial charge is 0.550 e. The first-order valence-corrected chi connectivity index (χ1v) is 17.3. The van der Waals surface area contributed by atoms with E-state index in [-0.39, 0.29) is 104 Å². The third-order valence-electron chi connectivity index (χ3n) is 6.98. The monoisotopic (exact) mass is 732 g/mol. The van der Waals surface area contributed by atoms with Gasteiger partial charge in [0.15, 0.2) is 13.2 Å². The summed E-state index contributed by atoms with van der Waals surface area (Å²) in [6.07, 6.45) is -3.38. The summed E-state index contributed by atoms with van der Waals surface area (Å²) in [6, 6.07) is 11.7. The Balaban J connectivity index is 0.00000650. The van der Waals surface area contributed by atoms with Gasteiger partial charge >= 0.3 is 35.7 Å². The zero-order valence-electron chi connectivity index (χ0n) is 27.1. The van der Waals surface area contributed by atoms with E-state index in [9.17, 15) is 40.5 Å². The van der Waals surface area contributed by atoms with Gasteiger partial charge in [-0.25, -0.2) is 17.4 Å². The molecule has 0 aliphatic heterocycles. The summed E-state index contributed by atoms with van der Waals surface area (Å²) in [5.41, 5.74) is 1.08. The van der Waals surface area contributed by atoms with Crippen LogP contribution in [-0.4, -0.2) is 64.4 Å². The molecule has 2 aromatic heterocycles. The minimum atomic E-state index is -4.57. The number of hydrogen-bond acceptors (Lipinski definition) is 10. The van der Waals surface area contributed by atoms with Crippen molar-refractivity contribution in [3.05, 3.63) is 71.5 Å². The van der Waals surface area contributed by atoms with Crippen molar-refractivity contribution in [2.45, 2.75) is 61.5 Å². The van der Waals surface area contributed by atoms with Crippen LogP contribution in [0.3, 0.4) is 0 Å². The molecule has 0 spiro atoms. The van der Waals surface area contributed by atoms with Crippen molar-refractivity contribution < 1.29 is 79.5 Å². The Hall–Kier alpha value is -3.51. The number of para-hydroxylation sites is 2. The van der Waals surface area contributed by atoms with Gasteiger partial charge in [-0.2, -0.15) is 13.2 Å². The molecule has 0 aliphatic carbocycles. The number of ether oxygens (including phenoxy) is 2. The molecule has 0 fully saturated rings. The summed E-state index contributed by atoms with van der Waals surface area (Å²) in [5.74, 6) is -2.35. The normalized spacial score (nSPS) is 12.4. The molecule has 1 atom stereocenters. The Bertz CT molecular complexity index is 1950. The largest absolute Gasteiger partial charge is 1.00 e. The van der Waals surface area contributed by atoms with E-state index >= 15 is 0 Å². The molecule has 0 radical (unpaired) electrons. The molecular weight excluding hydrogens is 700 g/mol. The van der Waals surface area contributed by atoms with Crippen LogP contribution in [-0.2, 0) is 36.2 Å². The number of carbonyl (C=O) groups is 2. The Morgan fingerprint density at radius 1 is 1.10 bits per heavy atom. The predicted octanol–water partition coefficient (Wildman–Crippen LogP) is 0.378. The number of aliphatic carboxylic acids is 1. The van der Waals surface area contributed by atoms with E-state index in [4.69, 9.17) is 9.47 Å². The molecule has 4 aromatic rings. The number of carboxylic acids is 1. The Morgan fingerprint density at radius 2 is 1.82 bits per heavy atom. The van der Waals surface area contributed by atoms with Crippen molar-refractivity contribution in [2.75, 3.05) is 19.8 Å². The first kappa shape index (κ1) is 39.9. The Morgan fingerprint density at radius 3 is 2.49 bits per heavy atom. The van der Waals surface area contributed by atoms with Gasteiger partial charge in [0.05, 0.1) is 38.2 Å².